The van der Waals surface area contributed by atoms with Gasteiger partial charge in [-0.3, -0.25) is 0 Å². The van der Waals surface area contributed by atoms with E-state index in [2.05, 4.69) is 9.88 Å². The summed E-state index contributed by atoms with van der Waals surface area (Å²) in [4.78, 5) is 5.49. The van der Waals surface area contributed by atoms with Gasteiger partial charge in [-0.15, -0.1) is 0 Å². The minimum absolute atomic E-state index is 0.303. The third-order valence-electron chi connectivity index (χ3n) is 5.63. The summed E-state index contributed by atoms with van der Waals surface area (Å²) in [5.41, 5.74) is 1.86. The molecule has 2 heterocycles. The number of hydrogen-bond donors (Lipinski definition) is 2. The highest BCUT2D eigenvalue weighted by Gasteiger charge is 2.24. The van der Waals surface area contributed by atoms with E-state index in [0.717, 1.165) is 48.1 Å². The quantitative estimate of drug-likeness (QED) is 0.628. The highest BCUT2D eigenvalue weighted by Crippen LogP contribution is 2.29. The van der Waals surface area contributed by atoms with E-state index in [4.69, 9.17) is 9.47 Å². The molecule has 6 heteroatoms. The number of methoxy groups -OCH3 is 1. The number of halogens is 1. The molecule has 5 nitrogen and oxygen atoms in total. The Morgan fingerprint density at radius 2 is 2.14 bits per heavy atom. The van der Waals surface area contributed by atoms with Crippen molar-refractivity contribution in [1.29, 1.82) is 0 Å². The Bertz CT molecular complexity index is 958. The normalized spacial score (nSPS) is 18.7. The van der Waals surface area contributed by atoms with E-state index >= 15 is 0 Å². The zero-order chi connectivity index (χ0) is 20.2. The van der Waals surface area contributed by atoms with E-state index < -0.39 is 6.10 Å². The zero-order valence-electron chi connectivity index (χ0n) is 16.6. The molecule has 0 saturated carbocycles. The number of likely N-dealkylation sites (tertiary alicyclic amines) is 1. The first-order valence-electron chi connectivity index (χ1n) is 10.1. The lowest BCUT2D eigenvalue weighted by Crippen LogP contribution is -2.40. The molecule has 2 N–H and O–H groups in total. The second-order valence-corrected chi connectivity index (χ2v) is 7.68. The van der Waals surface area contributed by atoms with Crippen LogP contribution in [0.25, 0.3) is 10.9 Å². The van der Waals surface area contributed by atoms with Crippen molar-refractivity contribution < 1.29 is 19.0 Å². The monoisotopic (exact) mass is 398 g/mol. The Kier molecular flexibility index (Phi) is 6.02. The van der Waals surface area contributed by atoms with Crippen LogP contribution in [0.2, 0.25) is 0 Å². The Labute approximate surface area is 170 Å². The van der Waals surface area contributed by atoms with Gasteiger partial charge in [0.2, 0.25) is 0 Å². The first kappa shape index (κ1) is 19.7. The number of aromatic amines is 1. The van der Waals surface area contributed by atoms with Gasteiger partial charge in [0, 0.05) is 41.7 Å². The molecule has 0 spiro atoms. The number of aliphatic hydroxyl groups excluding tert-OH is 1. The molecule has 1 aromatic heterocycles. The lowest BCUT2D eigenvalue weighted by Gasteiger charge is -2.33. The predicted octanol–water partition coefficient (Wildman–Crippen LogP) is 4.14. The van der Waals surface area contributed by atoms with Crippen LogP contribution < -0.4 is 9.47 Å². The van der Waals surface area contributed by atoms with Crippen molar-refractivity contribution in [2.75, 3.05) is 33.4 Å². The number of para-hydroxylation sites is 1. The van der Waals surface area contributed by atoms with Crippen LogP contribution >= 0.6 is 0 Å². The van der Waals surface area contributed by atoms with Crippen molar-refractivity contribution in [2.45, 2.75) is 18.9 Å². The van der Waals surface area contributed by atoms with Crippen LogP contribution in [0.3, 0.4) is 0 Å². The average molecular weight is 398 g/mol. The maximum atomic E-state index is 13.8. The van der Waals surface area contributed by atoms with Gasteiger partial charge in [-0.05, 0) is 49.7 Å². The summed E-state index contributed by atoms with van der Waals surface area (Å²) in [5, 5.41) is 11.9. The Balaban J connectivity index is 1.37. The number of benzene rings is 2. The summed E-state index contributed by atoms with van der Waals surface area (Å²) < 4.78 is 24.8. The summed E-state index contributed by atoms with van der Waals surface area (Å²) in [5.74, 6) is 1.07. The fourth-order valence-corrected chi connectivity index (χ4v) is 4.09. The molecule has 3 aromatic rings. The van der Waals surface area contributed by atoms with Gasteiger partial charge < -0.3 is 24.5 Å². The number of H-pyrrole nitrogens is 1. The molecule has 0 bridgehead atoms. The Morgan fingerprint density at radius 3 is 2.97 bits per heavy atom. The van der Waals surface area contributed by atoms with Crippen molar-refractivity contribution in [1.82, 2.24) is 9.88 Å². The van der Waals surface area contributed by atoms with Crippen LogP contribution in [0.1, 0.15) is 24.5 Å². The van der Waals surface area contributed by atoms with Gasteiger partial charge in [0.05, 0.1) is 19.8 Å². The standard InChI is InChI=1S/C23H27FN2O3/c1-28-17-8-9-21-18(11-17)19(12-25-21)22(27)14-26-10-4-5-16(13-26)15-29-23-7-3-2-6-20(23)24/h2-3,6-9,11-12,16,22,25,27H,4-5,10,13-15H2,1H3/t16-,22-/m0/s1. The number of aliphatic hydroxyl groups is 1. The summed E-state index contributed by atoms with van der Waals surface area (Å²) >= 11 is 0. The Morgan fingerprint density at radius 1 is 1.28 bits per heavy atom. The molecule has 2 atom stereocenters. The summed E-state index contributed by atoms with van der Waals surface area (Å²) in [6.45, 7) is 2.81. The third kappa shape index (κ3) is 4.54. The molecule has 1 aliphatic rings. The molecule has 1 saturated heterocycles. The van der Waals surface area contributed by atoms with Gasteiger partial charge in [-0.1, -0.05) is 12.1 Å². The van der Waals surface area contributed by atoms with Crippen molar-refractivity contribution >= 4 is 10.9 Å². The van der Waals surface area contributed by atoms with Crippen LogP contribution in [0.15, 0.2) is 48.7 Å². The second-order valence-electron chi connectivity index (χ2n) is 7.68. The van der Waals surface area contributed by atoms with Crippen molar-refractivity contribution in [2.24, 2.45) is 5.92 Å². The van der Waals surface area contributed by atoms with Crippen molar-refractivity contribution in [3.05, 3.63) is 60.0 Å². The van der Waals surface area contributed by atoms with Gasteiger partial charge in [0.15, 0.2) is 11.6 Å². The zero-order valence-corrected chi connectivity index (χ0v) is 16.6. The number of aromatic nitrogens is 1. The summed E-state index contributed by atoms with van der Waals surface area (Å²) in [6, 6.07) is 12.3. The van der Waals surface area contributed by atoms with Gasteiger partial charge in [0.25, 0.3) is 0 Å². The molecular weight excluding hydrogens is 371 g/mol. The highest BCUT2D eigenvalue weighted by molar-refractivity contribution is 5.85. The maximum absolute atomic E-state index is 13.8. The molecule has 154 valence electrons. The minimum atomic E-state index is -0.595. The molecule has 0 amide bonds. The molecule has 0 aliphatic carbocycles. The van der Waals surface area contributed by atoms with Gasteiger partial charge >= 0.3 is 0 Å². The number of nitrogens with one attached hydrogen (secondary N) is 1. The lowest BCUT2D eigenvalue weighted by molar-refractivity contribution is 0.0715. The molecular formula is C23H27FN2O3. The van der Waals surface area contributed by atoms with Crippen LogP contribution in [0.4, 0.5) is 4.39 Å². The number of β-amino-alcohol motifs (C(OH)–C–C–N with tert-alkyl or cyclic N) is 1. The lowest BCUT2D eigenvalue weighted by atomic mass is 9.98. The topological polar surface area (TPSA) is 57.7 Å². The first-order chi connectivity index (χ1) is 14.1. The molecule has 0 unspecified atom stereocenters. The molecule has 29 heavy (non-hydrogen) atoms. The van der Waals surface area contributed by atoms with E-state index in [1.54, 1.807) is 25.3 Å². The number of hydrogen-bond acceptors (Lipinski definition) is 4. The Hall–Kier alpha value is -2.57. The fourth-order valence-electron chi connectivity index (χ4n) is 4.09. The van der Waals surface area contributed by atoms with Crippen LogP contribution in [-0.2, 0) is 0 Å². The highest BCUT2D eigenvalue weighted by atomic mass is 19.1. The van der Waals surface area contributed by atoms with Crippen LogP contribution in [0.5, 0.6) is 11.5 Å². The van der Waals surface area contributed by atoms with E-state index in [1.165, 1.54) is 6.07 Å². The fraction of sp³-hybridized carbons (Fsp3) is 0.391. The molecule has 4 rings (SSSR count). The molecule has 1 fully saturated rings. The second kappa shape index (κ2) is 8.84. The number of piperidine rings is 1. The van der Waals surface area contributed by atoms with Gasteiger partial charge in [-0.2, -0.15) is 0 Å². The van der Waals surface area contributed by atoms with Crippen molar-refractivity contribution in [3.8, 4) is 11.5 Å². The van der Waals surface area contributed by atoms with Crippen LogP contribution in [0, 0.1) is 11.7 Å². The van der Waals surface area contributed by atoms with E-state index in [0.29, 0.717) is 24.8 Å². The third-order valence-corrected chi connectivity index (χ3v) is 5.63. The molecule has 2 aromatic carbocycles. The number of fused-ring (bicyclic) bond motifs is 1. The SMILES string of the molecule is COc1ccc2[nH]cc([C@@H](O)CN3CCC[C@H](COc4ccccc4F)C3)c2c1. The van der Waals surface area contributed by atoms with Gasteiger partial charge in [-0.25, -0.2) is 4.39 Å². The summed E-state index contributed by atoms with van der Waals surface area (Å²) in [7, 11) is 1.64. The number of rotatable bonds is 7. The molecule has 1 aliphatic heterocycles. The smallest absolute Gasteiger partial charge is 0.165 e. The van der Waals surface area contributed by atoms with E-state index in [9.17, 15) is 9.50 Å². The van der Waals surface area contributed by atoms with E-state index in [1.807, 2.05) is 24.4 Å². The first-order valence-corrected chi connectivity index (χ1v) is 10.1. The summed E-state index contributed by atoms with van der Waals surface area (Å²) in [6.07, 6.45) is 3.37. The maximum Gasteiger partial charge on any atom is 0.165 e. The van der Waals surface area contributed by atoms with E-state index in [-0.39, 0.29) is 5.82 Å². The minimum Gasteiger partial charge on any atom is -0.497 e. The average Bonchev–Trinajstić information content (AvgIpc) is 3.16. The predicted molar refractivity (Wildman–Crippen MR) is 111 cm³/mol. The largest absolute Gasteiger partial charge is 0.497 e. The van der Waals surface area contributed by atoms with Crippen molar-refractivity contribution in [3.63, 3.8) is 0 Å². The number of nitrogens with zero attached hydrogens (tertiary/aromatic N) is 1. The van der Waals surface area contributed by atoms with Gasteiger partial charge in [0.1, 0.15) is 5.75 Å². The molecule has 0 radical (unpaired) electrons. The number of ether oxygens (including phenoxy) is 2. The van der Waals surface area contributed by atoms with Crippen LogP contribution in [-0.4, -0.2) is 48.3 Å².